The molecular formula is C14H15ClN2O2. The van der Waals surface area contributed by atoms with Gasteiger partial charge in [-0.25, -0.2) is 0 Å². The van der Waals surface area contributed by atoms with Crippen LogP contribution in [0.2, 0.25) is 5.02 Å². The third-order valence-electron chi connectivity index (χ3n) is 2.96. The Morgan fingerprint density at radius 2 is 2.11 bits per heavy atom. The fraction of sp³-hybridized carbons (Fsp3) is 0.286. The second kappa shape index (κ2) is 5.89. The predicted molar refractivity (Wildman–Crippen MR) is 73.7 cm³/mol. The minimum absolute atomic E-state index is 0.0883. The van der Waals surface area contributed by atoms with Crippen LogP contribution in [0.25, 0.3) is 0 Å². The van der Waals surface area contributed by atoms with E-state index in [9.17, 15) is 9.59 Å². The van der Waals surface area contributed by atoms with Gasteiger partial charge in [-0.05, 0) is 43.5 Å². The van der Waals surface area contributed by atoms with Gasteiger partial charge in [0.2, 0.25) is 0 Å². The Hall–Kier alpha value is -1.81. The molecule has 2 N–H and O–H groups in total. The van der Waals surface area contributed by atoms with Crippen molar-refractivity contribution in [3.8, 4) is 0 Å². The van der Waals surface area contributed by atoms with Gasteiger partial charge in [-0.15, -0.1) is 0 Å². The van der Waals surface area contributed by atoms with Gasteiger partial charge in [0.15, 0.2) is 5.78 Å². The van der Waals surface area contributed by atoms with Crippen molar-refractivity contribution in [2.45, 2.75) is 26.2 Å². The smallest absolute Gasteiger partial charge is 0.269 e. The highest BCUT2D eigenvalue weighted by atomic mass is 35.5. The van der Waals surface area contributed by atoms with Crippen molar-refractivity contribution >= 4 is 23.3 Å². The fourth-order valence-corrected chi connectivity index (χ4v) is 2.00. The molecule has 1 aliphatic carbocycles. The Kier molecular flexibility index (Phi) is 4.22. The van der Waals surface area contributed by atoms with E-state index in [-0.39, 0.29) is 11.7 Å². The van der Waals surface area contributed by atoms with E-state index in [1.165, 1.54) is 6.08 Å². The Morgan fingerprint density at radius 1 is 1.32 bits per heavy atom. The van der Waals surface area contributed by atoms with E-state index in [1.807, 2.05) is 6.92 Å². The second-order valence-corrected chi connectivity index (χ2v) is 4.94. The van der Waals surface area contributed by atoms with Gasteiger partial charge in [-0.1, -0.05) is 11.6 Å². The Balaban J connectivity index is 1.97. The largest absolute Gasteiger partial charge is 0.302 e. The molecule has 0 fully saturated rings. The zero-order valence-electron chi connectivity index (χ0n) is 10.6. The molecule has 0 spiro atoms. The summed E-state index contributed by atoms with van der Waals surface area (Å²) in [5.41, 5.74) is 7.49. The summed E-state index contributed by atoms with van der Waals surface area (Å²) in [7, 11) is 0. The number of halogens is 1. The lowest BCUT2D eigenvalue weighted by Crippen LogP contribution is -2.37. The zero-order chi connectivity index (χ0) is 13.8. The van der Waals surface area contributed by atoms with Crippen LogP contribution in [0, 0.1) is 6.92 Å². The van der Waals surface area contributed by atoms with Gasteiger partial charge in [0.25, 0.3) is 5.91 Å². The van der Waals surface area contributed by atoms with Gasteiger partial charge in [0.1, 0.15) is 0 Å². The van der Waals surface area contributed by atoms with Gasteiger partial charge in [0, 0.05) is 28.8 Å². The molecule has 0 aliphatic heterocycles. The minimum Gasteiger partial charge on any atom is -0.302 e. The lowest BCUT2D eigenvalue weighted by molar-refractivity contribution is -0.115. The number of hydrazine groups is 1. The first-order valence-electron chi connectivity index (χ1n) is 6.12. The maximum Gasteiger partial charge on any atom is 0.269 e. The van der Waals surface area contributed by atoms with E-state index in [1.54, 1.807) is 18.2 Å². The number of amides is 1. The van der Waals surface area contributed by atoms with Crippen molar-refractivity contribution in [2.24, 2.45) is 0 Å². The summed E-state index contributed by atoms with van der Waals surface area (Å²) < 4.78 is 0. The monoisotopic (exact) mass is 278 g/mol. The number of nitrogens with one attached hydrogen (secondary N) is 2. The van der Waals surface area contributed by atoms with Crippen molar-refractivity contribution in [3.05, 3.63) is 46.1 Å². The number of allylic oxidation sites excluding steroid dienone is 2. The van der Waals surface area contributed by atoms with Crippen LogP contribution < -0.4 is 10.9 Å². The summed E-state index contributed by atoms with van der Waals surface area (Å²) >= 11 is 5.91. The van der Waals surface area contributed by atoms with Gasteiger partial charge in [-0.2, -0.15) is 0 Å². The number of benzene rings is 1. The van der Waals surface area contributed by atoms with Crippen LogP contribution in [-0.2, 0) is 4.79 Å². The van der Waals surface area contributed by atoms with Crippen LogP contribution in [-0.4, -0.2) is 11.7 Å². The van der Waals surface area contributed by atoms with Crippen LogP contribution in [0.5, 0.6) is 0 Å². The SMILES string of the molecule is Cc1cc(C(=O)NNC2=CC(=O)CCC2)ccc1Cl. The number of aryl methyl sites for hydroxylation is 1. The predicted octanol–water partition coefficient (Wildman–Crippen LogP) is 2.52. The van der Waals surface area contributed by atoms with E-state index >= 15 is 0 Å². The Bertz CT molecular complexity index is 552. The number of carbonyl (C=O) groups is 2. The maximum absolute atomic E-state index is 11.9. The van der Waals surface area contributed by atoms with Crippen molar-refractivity contribution in [3.63, 3.8) is 0 Å². The average Bonchev–Trinajstić information content (AvgIpc) is 2.39. The van der Waals surface area contributed by atoms with E-state index in [0.717, 1.165) is 24.1 Å². The highest BCUT2D eigenvalue weighted by Gasteiger charge is 2.11. The van der Waals surface area contributed by atoms with Crippen LogP contribution >= 0.6 is 11.6 Å². The first-order valence-corrected chi connectivity index (χ1v) is 6.50. The number of hydrogen-bond donors (Lipinski definition) is 2. The average molecular weight is 279 g/mol. The summed E-state index contributed by atoms with van der Waals surface area (Å²) in [5, 5.41) is 0.630. The van der Waals surface area contributed by atoms with Gasteiger partial charge in [0.05, 0.1) is 0 Å². The molecule has 100 valence electrons. The van der Waals surface area contributed by atoms with Gasteiger partial charge < -0.3 is 5.43 Å². The molecule has 0 saturated carbocycles. The van der Waals surface area contributed by atoms with Crippen LogP contribution in [0.4, 0.5) is 0 Å². The lowest BCUT2D eigenvalue weighted by atomic mass is 10.0. The third kappa shape index (κ3) is 3.58. The van der Waals surface area contributed by atoms with Crippen molar-refractivity contribution in [1.29, 1.82) is 0 Å². The summed E-state index contributed by atoms with van der Waals surface area (Å²) in [6.45, 7) is 1.84. The first-order chi connectivity index (χ1) is 9.06. The molecule has 19 heavy (non-hydrogen) atoms. The lowest BCUT2D eigenvalue weighted by Gasteiger charge is -2.15. The Labute approximate surface area is 116 Å². The highest BCUT2D eigenvalue weighted by molar-refractivity contribution is 6.31. The van der Waals surface area contributed by atoms with E-state index in [2.05, 4.69) is 10.9 Å². The quantitative estimate of drug-likeness (QED) is 0.836. The van der Waals surface area contributed by atoms with E-state index in [4.69, 9.17) is 11.6 Å². The summed E-state index contributed by atoms with van der Waals surface area (Å²) in [4.78, 5) is 23.1. The molecule has 0 saturated heterocycles. The van der Waals surface area contributed by atoms with E-state index < -0.39 is 0 Å². The fourth-order valence-electron chi connectivity index (χ4n) is 1.89. The molecule has 1 aromatic carbocycles. The molecule has 0 unspecified atom stereocenters. The standard InChI is InChI=1S/C14H15ClN2O2/c1-9-7-10(5-6-13(9)15)14(19)17-16-11-3-2-4-12(18)8-11/h5-8,16H,2-4H2,1H3,(H,17,19). The van der Waals surface area contributed by atoms with Gasteiger partial charge in [-0.3, -0.25) is 15.0 Å². The molecule has 0 bridgehead atoms. The van der Waals surface area contributed by atoms with Crippen LogP contribution in [0.3, 0.4) is 0 Å². The molecule has 0 atom stereocenters. The molecule has 2 rings (SSSR count). The number of rotatable bonds is 3. The molecule has 0 heterocycles. The van der Waals surface area contributed by atoms with Crippen LogP contribution in [0.1, 0.15) is 35.2 Å². The molecule has 4 nitrogen and oxygen atoms in total. The first kappa shape index (κ1) is 13.6. The molecule has 1 amide bonds. The Morgan fingerprint density at radius 3 is 2.79 bits per heavy atom. The normalized spacial score (nSPS) is 14.8. The maximum atomic E-state index is 11.9. The number of ketones is 1. The third-order valence-corrected chi connectivity index (χ3v) is 3.39. The molecule has 0 radical (unpaired) electrons. The summed E-state index contributed by atoms with van der Waals surface area (Å²) in [6, 6.07) is 5.07. The van der Waals surface area contributed by atoms with Crippen LogP contribution in [0.15, 0.2) is 30.0 Å². The molecule has 5 heteroatoms. The second-order valence-electron chi connectivity index (χ2n) is 4.53. The van der Waals surface area contributed by atoms with Crippen molar-refractivity contribution in [1.82, 2.24) is 10.9 Å². The summed E-state index contributed by atoms with van der Waals surface area (Å²) in [5.74, 6) is -0.163. The number of hydrogen-bond acceptors (Lipinski definition) is 3. The zero-order valence-corrected chi connectivity index (χ0v) is 11.4. The molecule has 0 aromatic heterocycles. The molecule has 1 aromatic rings. The van der Waals surface area contributed by atoms with Crippen molar-refractivity contribution in [2.75, 3.05) is 0 Å². The summed E-state index contributed by atoms with van der Waals surface area (Å²) in [6.07, 6.45) is 3.70. The molecular weight excluding hydrogens is 264 g/mol. The highest BCUT2D eigenvalue weighted by Crippen LogP contribution is 2.16. The number of carbonyl (C=O) groups excluding carboxylic acids is 2. The minimum atomic E-state index is -0.251. The van der Waals surface area contributed by atoms with Gasteiger partial charge >= 0.3 is 0 Å². The topological polar surface area (TPSA) is 58.2 Å². The van der Waals surface area contributed by atoms with E-state index in [0.29, 0.717) is 17.0 Å². The molecule has 1 aliphatic rings. The van der Waals surface area contributed by atoms with Crippen molar-refractivity contribution < 1.29 is 9.59 Å².